The fourth-order valence-electron chi connectivity index (χ4n) is 2.37. The number of nitrogens with zero attached hydrogens (tertiary/aromatic N) is 1. The minimum absolute atomic E-state index is 0.353. The van der Waals surface area contributed by atoms with Gasteiger partial charge in [-0.25, -0.2) is 5.43 Å². The third-order valence-corrected chi connectivity index (χ3v) is 4.43. The van der Waals surface area contributed by atoms with Crippen molar-refractivity contribution in [3.63, 3.8) is 0 Å². The lowest BCUT2D eigenvalue weighted by molar-refractivity contribution is -0.126. The molecule has 0 saturated heterocycles. The van der Waals surface area contributed by atoms with E-state index in [1.165, 1.54) is 6.21 Å². The Morgan fingerprint density at radius 2 is 1.83 bits per heavy atom. The molecule has 2 aromatic rings. The van der Waals surface area contributed by atoms with Crippen LogP contribution in [-0.2, 0) is 9.59 Å². The van der Waals surface area contributed by atoms with Gasteiger partial charge < -0.3 is 19.5 Å². The highest BCUT2D eigenvalue weighted by atomic mass is 127. The number of hydrazone groups is 1. The standard InChI is InChI=1S/C20H22IN3O5/c1-4-29-17-10-13(9-16(21)20(17)28-3)12-22-24-19(26)11-18(25)23-14-5-7-15(27-2)8-6-14/h5-10,12H,4,11H2,1-3H3,(H,23,25)(H,24,26). The van der Waals surface area contributed by atoms with Crippen LogP contribution in [-0.4, -0.2) is 38.9 Å². The van der Waals surface area contributed by atoms with Crippen LogP contribution in [0.15, 0.2) is 41.5 Å². The molecule has 2 aromatic carbocycles. The number of amides is 2. The normalized spacial score (nSPS) is 10.5. The van der Waals surface area contributed by atoms with Crippen molar-refractivity contribution in [2.75, 3.05) is 26.1 Å². The molecule has 2 N–H and O–H groups in total. The molecule has 8 nitrogen and oxygen atoms in total. The second kappa shape index (κ2) is 11.2. The lowest BCUT2D eigenvalue weighted by atomic mass is 10.2. The van der Waals surface area contributed by atoms with E-state index in [4.69, 9.17) is 14.2 Å². The Hall–Kier alpha value is -2.82. The second-order valence-corrected chi connectivity index (χ2v) is 6.88. The largest absolute Gasteiger partial charge is 0.497 e. The molecule has 0 unspecified atom stereocenters. The maximum absolute atomic E-state index is 12.0. The van der Waals surface area contributed by atoms with Gasteiger partial charge in [0.1, 0.15) is 12.2 Å². The lowest BCUT2D eigenvalue weighted by Crippen LogP contribution is -2.24. The number of rotatable bonds is 9. The van der Waals surface area contributed by atoms with E-state index in [2.05, 4.69) is 38.4 Å². The summed E-state index contributed by atoms with van der Waals surface area (Å²) in [5.74, 6) is 0.939. The van der Waals surface area contributed by atoms with E-state index in [1.807, 2.05) is 13.0 Å². The lowest BCUT2D eigenvalue weighted by Gasteiger charge is -2.11. The van der Waals surface area contributed by atoms with Gasteiger partial charge in [0.05, 0.1) is 30.6 Å². The van der Waals surface area contributed by atoms with Gasteiger partial charge in [-0.05, 0) is 71.5 Å². The number of hydrogen-bond donors (Lipinski definition) is 2. The summed E-state index contributed by atoms with van der Waals surface area (Å²) in [6.07, 6.45) is 1.12. The average Bonchev–Trinajstić information content (AvgIpc) is 2.68. The topological polar surface area (TPSA) is 98.2 Å². The molecule has 0 bridgehead atoms. The summed E-state index contributed by atoms with van der Waals surface area (Å²) in [7, 11) is 3.13. The molecule has 0 aliphatic rings. The van der Waals surface area contributed by atoms with E-state index >= 15 is 0 Å². The van der Waals surface area contributed by atoms with Gasteiger partial charge in [-0.2, -0.15) is 5.10 Å². The number of methoxy groups -OCH3 is 2. The van der Waals surface area contributed by atoms with Crippen LogP contribution in [0, 0.1) is 3.57 Å². The van der Waals surface area contributed by atoms with Crippen molar-refractivity contribution in [2.24, 2.45) is 5.10 Å². The zero-order valence-electron chi connectivity index (χ0n) is 16.3. The van der Waals surface area contributed by atoms with Gasteiger partial charge in [-0.15, -0.1) is 0 Å². The van der Waals surface area contributed by atoms with E-state index in [0.29, 0.717) is 29.5 Å². The monoisotopic (exact) mass is 511 g/mol. The van der Waals surface area contributed by atoms with E-state index < -0.39 is 11.8 Å². The number of anilines is 1. The predicted molar refractivity (Wildman–Crippen MR) is 119 cm³/mol. The summed E-state index contributed by atoms with van der Waals surface area (Å²) in [5, 5.41) is 6.54. The summed E-state index contributed by atoms with van der Waals surface area (Å²) in [6, 6.07) is 10.4. The molecule has 0 radical (unpaired) electrons. The van der Waals surface area contributed by atoms with E-state index in [0.717, 1.165) is 9.13 Å². The zero-order chi connectivity index (χ0) is 21.2. The summed E-state index contributed by atoms with van der Waals surface area (Å²) in [4.78, 5) is 23.9. The fourth-order valence-corrected chi connectivity index (χ4v) is 3.21. The zero-order valence-corrected chi connectivity index (χ0v) is 18.5. The molecule has 2 amide bonds. The van der Waals surface area contributed by atoms with Crippen LogP contribution in [0.1, 0.15) is 18.9 Å². The van der Waals surface area contributed by atoms with Gasteiger partial charge in [0.25, 0.3) is 0 Å². The Morgan fingerprint density at radius 1 is 1.10 bits per heavy atom. The van der Waals surface area contributed by atoms with Crippen molar-refractivity contribution in [2.45, 2.75) is 13.3 Å². The predicted octanol–water partition coefficient (Wildman–Crippen LogP) is 3.19. The van der Waals surface area contributed by atoms with Crippen molar-refractivity contribution >= 4 is 46.3 Å². The molecule has 2 rings (SSSR count). The van der Waals surface area contributed by atoms with Crippen LogP contribution in [0.2, 0.25) is 0 Å². The molecule has 154 valence electrons. The number of benzene rings is 2. The molecular formula is C20H22IN3O5. The minimum atomic E-state index is -0.527. The van der Waals surface area contributed by atoms with Gasteiger partial charge in [0.2, 0.25) is 11.8 Å². The van der Waals surface area contributed by atoms with Crippen LogP contribution in [0.3, 0.4) is 0 Å². The first kappa shape index (κ1) is 22.5. The average molecular weight is 511 g/mol. The van der Waals surface area contributed by atoms with E-state index in [1.54, 1.807) is 44.6 Å². The van der Waals surface area contributed by atoms with Crippen LogP contribution in [0.4, 0.5) is 5.69 Å². The second-order valence-electron chi connectivity index (χ2n) is 5.71. The summed E-state index contributed by atoms with van der Waals surface area (Å²) < 4.78 is 16.8. The third-order valence-electron chi connectivity index (χ3n) is 3.63. The first-order chi connectivity index (χ1) is 14.0. The minimum Gasteiger partial charge on any atom is -0.497 e. The summed E-state index contributed by atoms with van der Waals surface area (Å²) >= 11 is 2.13. The maximum atomic E-state index is 12.0. The summed E-state index contributed by atoms with van der Waals surface area (Å²) in [6.45, 7) is 2.37. The number of halogens is 1. The SMILES string of the molecule is CCOc1cc(C=NNC(=O)CC(=O)Nc2ccc(OC)cc2)cc(I)c1OC. The quantitative estimate of drug-likeness (QED) is 0.233. The Bertz CT molecular complexity index is 884. The highest BCUT2D eigenvalue weighted by Gasteiger charge is 2.11. The van der Waals surface area contributed by atoms with Gasteiger partial charge >= 0.3 is 0 Å². The van der Waals surface area contributed by atoms with Crippen molar-refractivity contribution < 1.29 is 23.8 Å². The first-order valence-electron chi connectivity index (χ1n) is 8.73. The molecule has 9 heteroatoms. The van der Waals surface area contributed by atoms with Gasteiger partial charge in [-0.1, -0.05) is 0 Å². The van der Waals surface area contributed by atoms with Crippen LogP contribution in [0.25, 0.3) is 0 Å². The molecule has 29 heavy (non-hydrogen) atoms. The molecule has 0 aromatic heterocycles. The fraction of sp³-hybridized carbons (Fsp3) is 0.250. The molecule has 0 aliphatic heterocycles. The van der Waals surface area contributed by atoms with Gasteiger partial charge in [-0.3, -0.25) is 9.59 Å². The Balaban J connectivity index is 1.90. The van der Waals surface area contributed by atoms with Crippen molar-refractivity contribution in [1.82, 2.24) is 5.43 Å². The van der Waals surface area contributed by atoms with E-state index in [-0.39, 0.29) is 6.42 Å². The number of carbonyl (C=O) groups excluding carboxylic acids is 2. The number of ether oxygens (including phenoxy) is 3. The molecule has 0 fully saturated rings. The van der Waals surface area contributed by atoms with Crippen LogP contribution < -0.4 is 25.0 Å². The van der Waals surface area contributed by atoms with Crippen molar-refractivity contribution in [3.05, 3.63) is 45.5 Å². The molecule has 0 saturated carbocycles. The van der Waals surface area contributed by atoms with Crippen LogP contribution in [0.5, 0.6) is 17.2 Å². The van der Waals surface area contributed by atoms with E-state index in [9.17, 15) is 9.59 Å². The highest BCUT2D eigenvalue weighted by molar-refractivity contribution is 14.1. The van der Waals surface area contributed by atoms with Crippen molar-refractivity contribution in [1.29, 1.82) is 0 Å². The molecule has 0 atom stereocenters. The molecule has 0 heterocycles. The Labute approximate surface area is 182 Å². The van der Waals surface area contributed by atoms with Crippen molar-refractivity contribution in [3.8, 4) is 17.2 Å². The maximum Gasteiger partial charge on any atom is 0.249 e. The third kappa shape index (κ3) is 6.93. The molecule has 0 aliphatic carbocycles. The summed E-state index contributed by atoms with van der Waals surface area (Å²) in [5.41, 5.74) is 3.64. The molecular weight excluding hydrogens is 489 g/mol. The smallest absolute Gasteiger partial charge is 0.249 e. The number of hydrogen-bond acceptors (Lipinski definition) is 6. The molecule has 0 spiro atoms. The van der Waals surface area contributed by atoms with Gasteiger partial charge in [0, 0.05) is 5.69 Å². The number of nitrogens with one attached hydrogen (secondary N) is 2. The highest BCUT2D eigenvalue weighted by Crippen LogP contribution is 2.33. The van der Waals surface area contributed by atoms with Crippen LogP contribution >= 0.6 is 22.6 Å². The Kier molecular flexibility index (Phi) is 8.71. The number of carbonyl (C=O) groups is 2. The van der Waals surface area contributed by atoms with Gasteiger partial charge in [0.15, 0.2) is 11.5 Å². The first-order valence-corrected chi connectivity index (χ1v) is 9.80. The Morgan fingerprint density at radius 3 is 2.45 bits per heavy atom.